The molecule has 0 aromatic carbocycles. The van der Waals surface area contributed by atoms with Crippen molar-refractivity contribution in [2.45, 2.75) is 96.2 Å². The lowest BCUT2D eigenvalue weighted by molar-refractivity contribution is -0.873. The highest BCUT2D eigenvalue weighted by molar-refractivity contribution is 5.71. The molecule has 160 valence electrons. The van der Waals surface area contributed by atoms with Gasteiger partial charge in [-0.1, -0.05) is 64.7 Å². The van der Waals surface area contributed by atoms with Crippen LogP contribution in [0.1, 0.15) is 84.0 Å². The van der Waals surface area contributed by atoms with Crippen LogP contribution in [0.15, 0.2) is 0 Å². The van der Waals surface area contributed by atoms with Gasteiger partial charge < -0.3 is 19.4 Å². The second-order valence-electron chi connectivity index (χ2n) is 8.66. The summed E-state index contributed by atoms with van der Waals surface area (Å²) in [5.41, 5.74) is 0. The monoisotopic (exact) mass is 388 g/mol. The number of aliphatic hydroxyl groups is 1. The molecule has 0 aliphatic rings. The van der Waals surface area contributed by atoms with Crippen molar-refractivity contribution in [2.24, 2.45) is 0 Å². The number of carboxylic acids is 1. The van der Waals surface area contributed by atoms with E-state index in [9.17, 15) is 14.7 Å². The van der Waals surface area contributed by atoms with Crippen LogP contribution in [-0.2, 0) is 14.3 Å². The Morgan fingerprint density at radius 2 is 1.41 bits per heavy atom. The van der Waals surface area contributed by atoms with Gasteiger partial charge in [-0.3, -0.25) is 9.59 Å². The Morgan fingerprint density at radius 1 is 0.889 bits per heavy atom. The van der Waals surface area contributed by atoms with Crippen molar-refractivity contribution < 1.29 is 29.0 Å². The van der Waals surface area contributed by atoms with E-state index in [1.807, 2.05) is 21.1 Å². The number of aliphatic carboxylic acids is 1. The minimum Gasteiger partial charge on any atom is -0.481 e. The number of ether oxygens (including phenoxy) is 1. The van der Waals surface area contributed by atoms with E-state index in [1.54, 1.807) is 0 Å². The van der Waals surface area contributed by atoms with E-state index in [0.29, 0.717) is 17.4 Å². The van der Waals surface area contributed by atoms with E-state index >= 15 is 0 Å². The molecular weight excluding hydrogens is 346 g/mol. The van der Waals surface area contributed by atoms with Gasteiger partial charge in [-0.05, 0) is 6.42 Å². The quantitative estimate of drug-likeness (QED) is 0.225. The van der Waals surface area contributed by atoms with Crippen molar-refractivity contribution in [3.8, 4) is 0 Å². The second-order valence-corrected chi connectivity index (χ2v) is 8.66. The van der Waals surface area contributed by atoms with Crippen LogP contribution in [0.2, 0.25) is 0 Å². The maximum atomic E-state index is 12.0. The molecule has 0 aromatic rings. The summed E-state index contributed by atoms with van der Waals surface area (Å²) in [6.07, 6.45) is 9.83. The van der Waals surface area contributed by atoms with Crippen LogP contribution in [0.25, 0.3) is 0 Å². The number of rotatable bonds is 17. The fraction of sp³-hybridized carbons (Fsp3) is 0.905. The van der Waals surface area contributed by atoms with E-state index < -0.39 is 24.1 Å². The smallest absolute Gasteiger partial charge is 0.308 e. The molecule has 2 atom stereocenters. The van der Waals surface area contributed by atoms with Gasteiger partial charge in [-0.25, -0.2) is 0 Å². The van der Waals surface area contributed by atoms with Gasteiger partial charge in [-0.2, -0.15) is 0 Å². The third-order valence-electron chi connectivity index (χ3n) is 4.49. The average molecular weight is 389 g/mol. The predicted octanol–water partition coefficient (Wildman–Crippen LogP) is 3.75. The van der Waals surface area contributed by atoms with Crippen molar-refractivity contribution in [3.05, 3.63) is 0 Å². The SMILES string of the molecule is CCCCCCCCCCC[C@@H](O)CC(=O)O[C@H](CC(=O)O)C[N+](C)(C)C. The first-order valence-corrected chi connectivity index (χ1v) is 10.5. The van der Waals surface area contributed by atoms with E-state index in [4.69, 9.17) is 9.84 Å². The molecule has 0 aliphatic carbocycles. The summed E-state index contributed by atoms with van der Waals surface area (Å²) in [5.74, 6) is -1.50. The maximum absolute atomic E-state index is 12.0. The molecule has 0 fully saturated rings. The first kappa shape index (κ1) is 25.9. The number of hydrogen-bond acceptors (Lipinski definition) is 4. The number of carbonyl (C=O) groups excluding carboxylic acids is 1. The van der Waals surface area contributed by atoms with Gasteiger partial charge in [0.1, 0.15) is 6.54 Å². The molecule has 0 aromatic heterocycles. The third kappa shape index (κ3) is 18.0. The van der Waals surface area contributed by atoms with Crippen LogP contribution in [0.4, 0.5) is 0 Å². The first-order valence-electron chi connectivity index (χ1n) is 10.5. The molecule has 0 rings (SSSR count). The molecule has 0 saturated carbocycles. The van der Waals surface area contributed by atoms with Crippen molar-refractivity contribution >= 4 is 11.9 Å². The summed E-state index contributed by atoms with van der Waals surface area (Å²) < 4.78 is 5.81. The molecule has 0 saturated heterocycles. The van der Waals surface area contributed by atoms with E-state index in [1.165, 1.54) is 44.9 Å². The van der Waals surface area contributed by atoms with Gasteiger partial charge in [-0.15, -0.1) is 0 Å². The van der Waals surface area contributed by atoms with Gasteiger partial charge in [0.25, 0.3) is 0 Å². The van der Waals surface area contributed by atoms with Crippen molar-refractivity contribution in [3.63, 3.8) is 0 Å². The number of carboxylic acid groups (broad SMARTS) is 1. The lowest BCUT2D eigenvalue weighted by Crippen LogP contribution is -2.44. The second kappa shape index (κ2) is 14.9. The summed E-state index contributed by atoms with van der Waals surface area (Å²) in [4.78, 5) is 23.0. The lowest BCUT2D eigenvalue weighted by Gasteiger charge is -2.28. The molecule has 0 radical (unpaired) electrons. The molecule has 0 spiro atoms. The van der Waals surface area contributed by atoms with Crippen LogP contribution in [-0.4, -0.2) is 66.5 Å². The van der Waals surface area contributed by atoms with E-state index in [-0.39, 0.29) is 12.8 Å². The van der Waals surface area contributed by atoms with Gasteiger partial charge in [0, 0.05) is 0 Å². The van der Waals surface area contributed by atoms with Gasteiger partial charge in [0.2, 0.25) is 0 Å². The highest BCUT2D eigenvalue weighted by atomic mass is 16.5. The lowest BCUT2D eigenvalue weighted by atomic mass is 10.0. The molecule has 0 heterocycles. The van der Waals surface area contributed by atoms with Crippen LogP contribution in [0.3, 0.4) is 0 Å². The Balaban J connectivity index is 3.93. The number of likely N-dealkylation sites (N-methyl/N-ethyl adjacent to an activating group) is 1. The highest BCUT2D eigenvalue weighted by Gasteiger charge is 2.25. The van der Waals surface area contributed by atoms with Crippen LogP contribution in [0.5, 0.6) is 0 Å². The normalized spacial score (nSPS) is 14.0. The number of nitrogens with zero attached hydrogens (tertiary/aromatic N) is 1. The number of unbranched alkanes of at least 4 members (excludes halogenated alkanes) is 8. The number of hydrogen-bond donors (Lipinski definition) is 2. The van der Waals surface area contributed by atoms with Gasteiger partial charge in [0.05, 0.1) is 40.1 Å². The molecule has 6 heteroatoms. The molecule has 2 N–H and O–H groups in total. The number of carbonyl (C=O) groups is 2. The fourth-order valence-corrected chi connectivity index (χ4v) is 3.17. The number of esters is 1. The van der Waals surface area contributed by atoms with Gasteiger partial charge in [0.15, 0.2) is 6.10 Å². The number of aliphatic hydroxyl groups excluding tert-OH is 1. The zero-order valence-electron chi connectivity index (χ0n) is 17.9. The minimum absolute atomic E-state index is 0.0652. The zero-order valence-corrected chi connectivity index (χ0v) is 17.9. The molecule has 0 unspecified atom stereocenters. The molecular formula is C21H42NO5+. The number of quaternary nitrogens is 1. The van der Waals surface area contributed by atoms with E-state index in [2.05, 4.69) is 6.92 Å². The maximum Gasteiger partial charge on any atom is 0.308 e. The van der Waals surface area contributed by atoms with Gasteiger partial charge >= 0.3 is 11.9 Å². The Kier molecular flexibility index (Phi) is 14.2. The molecule has 0 amide bonds. The Hall–Kier alpha value is -1.14. The standard InChI is InChI=1S/C21H41NO5/c1-5-6-7-8-9-10-11-12-13-14-18(23)15-21(26)27-19(16-20(24)25)17-22(2,3)4/h18-19,23H,5-17H2,1-4H3/p+1/t18-,19-/m1/s1. The molecule has 6 nitrogen and oxygen atoms in total. The predicted molar refractivity (Wildman–Crippen MR) is 108 cm³/mol. The topological polar surface area (TPSA) is 83.8 Å². The Labute approximate surface area is 165 Å². The Morgan fingerprint density at radius 3 is 1.89 bits per heavy atom. The summed E-state index contributed by atoms with van der Waals surface area (Å²) in [6.45, 7) is 2.64. The average Bonchev–Trinajstić information content (AvgIpc) is 2.50. The zero-order chi connectivity index (χ0) is 20.7. The van der Waals surface area contributed by atoms with Crippen molar-refractivity contribution in [2.75, 3.05) is 27.7 Å². The van der Waals surface area contributed by atoms with Crippen molar-refractivity contribution in [1.29, 1.82) is 0 Å². The first-order chi connectivity index (χ1) is 12.6. The van der Waals surface area contributed by atoms with Crippen LogP contribution >= 0.6 is 0 Å². The van der Waals surface area contributed by atoms with Crippen LogP contribution < -0.4 is 0 Å². The minimum atomic E-state index is -0.989. The molecule has 0 bridgehead atoms. The van der Waals surface area contributed by atoms with Crippen molar-refractivity contribution in [1.82, 2.24) is 0 Å². The summed E-state index contributed by atoms with van der Waals surface area (Å²) in [5, 5.41) is 19.0. The summed E-state index contributed by atoms with van der Waals surface area (Å²) >= 11 is 0. The largest absolute Gasteiger partial charge is 0.481 e. The third-order valence-corrected chi connectivity index (χ3v) is 4.49. The fourth-order valence-electron chi connectivity index (χ4n) is 3.17. The highest BCUT2D eigenvalue weighted by Crippen LogP contribution is 2.13. The van der Waals surface area contributed by atoms with E-state index in [0.717, 1.165) is 12.8 Å². The Bertz CT molecular complexity index is 406. The summed E-state index contributed by atoms with van der Waals surface area (Å²) in [6, 6.07) is 0. The summed E-state index contributed by atoms with van der Waals surface area (Å²) in [7, 11) is 5.75. The molecule has 27 heavy (non-hydrogen) atoms. The molecule has 0 aliphatic heterocycles. The van der Waals surface area contributed by atoms with Crippen LogP contribution in [0, 0.1) is 0 Å².